The Balaban J connectivity index is 2.33. The van der Waals surface area contributed by atoms with E-state index in [0.717, 1.165) is 32.7 Å². The molecule has 0 atom stereocenters. The van der Waals surface area contributed by atoms with Crippen LogP contribution in [0.3, 0.4) is 0 Å². The summed E-state index contributed by atoms with van der Waals surface area (Å²) in [6.45, 7) is 4.06. The molecule has 0 aromatic heterocycles. The molecule has 0 heterocycles. The van der Waals surface area contributed by atoms with Crippen molar-refractivity contribution in [3.05, 3.63) is 57.6 Å². The largest absolute Gasteiger partial charge is 0.457 e. The van der Waals surface area contributed by atoms with Crippen LogP contribution < -0.4 is 4.74 Å². The minimum Gasteiger partial charge on any atom is -0.457 e. The first-order valence-corrected chi connectivity index (χ1v) is 7.02. The fourth-order valence-electron chi connectivity index (χ4n) is 1.68. The van der Waals surface area contributed by atoms with Crippen molar-refractivity contribution in [1.29, 1.82) is 0 Å². The van der Waals surface area contributed by atoms with E-state index in [1.807, 2.05) is 50.2 Å². The Morgan fingerprint density at radius 3 is 2.44 bits per heavy atom. The van der Waals surface area contributed by atoms with E-state index in [2.05, 4.69) is 15.9 Å². The molecular formula is C15H14BrClO. The highest BCUT2D eigenvalue weighted by Crippen LogP contribution is 2.30. The van der Waals surface area contributed by atoms with Crippen LogP contribution in [0.4, 0.5) is 0 Å². The van der Waals surface area contributed by atoms with E-state index >= 15 is 0 Å². The molecule has 0 saturated heterocycles. The van der Waals surface area contributed by atoms with Gasteiger partial charge in [-0.05, 0) is 54.8 Å². The molecule has 0 saturated carbocycles. The molecule has 0 spiro atoms. The van der Waals surface area contributed by atoms with Gasteiger partial charge in [0, 0.05) is 10.4 Å². The number of rotatable bonds is 3. The monoisotopic (exact) mass is 324 g/mol. The summed E-state index contributed by atoms with van der Waals surface area (Å²) in [5, 5.41) is 0. The highest BCUT2D eigenvalue weighted by atomic mass is 79.9. The first-order valence-electron chi connectivity index (χ1n) is 5.69. The quantitative estimate of drug-likeness (QED) is 0.668. The maximum atomic E-state index is 5.96. The third-order valence-corrected chi connectivity index (χ3v) is 3.57. The van der Waals surface area contributed by atoms with Crippen LogP contribution in [-0.2, 0) is 5.88 Å². The maximum Gasteiger partial charge on any atom is 0.130 e. The van der Waals surface area contributed by atoms with Crippen molar-refractivity contribution in [2.75, 3.05) is 0 Å². The van der Waals surface area contributed by atoms with E-state index in [1.54, 1.807) is 0 Å². The Morgan fingerprint density at radius 2 is 1.78 bits per heavy atom. The summed E-state index contributed by atoms with van der Waals surface area (Å²) in [5.41, 5.74) is 3.26. The molecule has 0 N–H and O–H groups in total. The number of alkyl halides is 1. The standard InChI is InChI=1S/C15H14BrClO/c1-10-3-4-12(9-17)8-15(10)18-14-6-5-13(16)7-11(14)2/h3-8H,9H2,1-2H3. The first-order chi connectivity index (χ1) is 8.60. The Hall–Kier alpha value is -0.990. The molecule has 0 aliphatic carbocycles. The Kier molecular flexibility index (Phi) is 4.31. The number of halogens is 2. The first kappa shape index (κ1) is 13.4. The van der Waals surface area contributed by atoms with Gasteiger partial charge < -0.3 is 4.74 Å². The van der Waals surface area contributed by atoms with E-state index in [0.29, 0.717) is 5.88 Å². The second-order valence-corrected chi connectivity index (χ2v) is 5.43. The zero-order valence-corrected chi connectivity index (χ0v) is 12.7. The SMILES string of the molecule is Cc1cc(Br)ccc1Oc1cc(CCl)ccc1C. The van der Waals surface area contributed by atoms with Gasteiger partial charge in [-0.3, -0.25) is 0 Å². The number of benzene rings is 2. The van der Waals surface area contributed by atoms with Gasteiger partial charge in [0.2, 0.25) is 0 Å². The number of ether oxygens (including phenoxy) is 1. The molecule has 2 rings (SSSR count). The normalized spacial score (nSPS) is 10.4. The molecule has 0 radical (unpaired) electrons. The number of aryl methyl sites for hydroxylation is 2. The average Bonchev–Trinajstić information content (AvgIpc) is 2.35. The van der Waals surface area contributed by atoms with Crippen LogP contribution in [0.25, 0.3) is 0 Å². The summed E-state index contributed by atoms with van der Waals surface area (Å²) in [5.74, 6) is 2.22. The molecule has 94 valence electrons. The summed E-state index contributed by atoms with van der Waals surface area (Å²) in [4.78, 5) is 0. The second-order valence-electron chi connectivity index (χ2n) is 4.25. The van der Waals surface area contributed by atoms with Crippen molar-refractivity contribution in [3.8, 4) is 11.5 Å². The summed E-state index contributed by atoms with van der Waals surface area (Å²) in [6.07, 6.45) is 0. The summed E-state index contributed by atoms with van der Waals surface area (Å²) in [6, 6.07) is 12.0. The molecule has 18 heavy (non-hydrogen) atoms. The van der Waals surface area contributed by atoms with Crippen LogP contribution in [0, 0.1) is 13.8 Å². The van der Waals surface area contributed by atoms with E-state index in [4.69, 9.17) is 16.3 Å². The highest BCUT2D eigenvalue weighted by Gasteiger charge is 2.05. The Bertz CT molecular complexity index is 566. The molecule has 0 bridgehead atoms. The lowest BCUT2D eigenvalue weighted by atomic mass is 10.1. The minimum absolute atomic E-state index is 0.496. The van der Waals surface area contributed by atoms with E-state index in [9.17, 15) is 0 Å². The fourth-order valence-corrected chi connectivity index (χ4v) is 2.33. The molecule has 2 aromatic carbocycles. The van der Waals surface area contributed by atoms with Gasteiger partial charge in [0.25, 0.3) is 0 Å². The Morgan fingerprint density at radius 1 is 1.00 bits per heavy atom. The van der Waals surface area contributed by atoms with Crippen molar-refractivity contribution in [1.82, 2.24) is 0 Å². The van der Waals surface area contributed by atoms with E-state index < -0.39 is 0 Å². The molecule has 0 unspecified atom stereocenters. The molecule has 1 nitrogen and oxygen atoms in total. The van der Waals surface area contributed by atoms with Crippen LogP contribution in [0.15, 0.2) is 40.9 Å². The lowest BCUT2D eigenvalue weighted by Gasteiger charge is -2.12. The van der Waals surface area contributed by atoms with Gasteiger partial charge in [-0.15, -0.1) is 11.6 Å². The summed E-state index contributed by atoms with van der Waals surface area (Å²) >= 11 is 9.29. The van der Waals surface area contributed by atoms with Crippen LogP contribution in [0.5, 0.6) is 11.5 Å². The molecule has 0 amide bonds. The molecule has 0 aliphatic rings. The van der Waals surface area contributed by atoms with Gasteiger partial charge in [-0.2, -0.15) is 0 Å². The second kappa shape index (κ2) is 5.77. The predicted molar refractivity (Wildman–Crippen MR) is 79.7 cm³/mol. The van der Waals surface area contributed by atoms with Crippen molar-refractivity contribution >= 4 is 27.5 Å². The summed E-state index contributed by atoms with van der Waals surface area (Å²) < 4.78 is 7.01. The zero-order chi connectivity index (χ0) is 13.1. The molecular weight excluding hydrogens is 312 g/mol. The Labute approximate surface area is 121 Å². The van der Waals surface area contributed by atoms with Crippen molar-refractivity contribution < 1.29 is 4.74 Å². The van der Waals surface area contributed by atoms with Crippen LogP contribution in [0.2, 0.25) is 0 Å². The number of hydrogen-bond donors (Lipinski definition) is 0. The lowest BCUT2D eigenvalue weighted by Crippen LogP contribution is -1.91. The minimum atomic E-state index is 0.496. The smallest absolute Gasteiger partial charge is 0.130 e. The van der Waals surface area contributed by atoms with Crippen LogP contribution >= 0.6 is 27.5 Å². The van der Waals surface area contributed by atoms with Gasteiger partial charge in [-0.1, -0.05) is 28.1 Å². The molecule has 0 fully saturated rings. The van der Waals surface area contributed by atoms with Crippen molar-refractivity contribution in [3.63, 3.8) is 0 Å². The maximum absolute atomic E-state index is 5.96. The van der Waals surface area contributed by atoms with Crippen LogP contribution in [0.1, 0.15) is 16.7 Å². The van der Waals surface area contributed by atoms with Gasteiger partial charge in [0.05, 0.1) is 0 Å². The van der Waals surface area contributed by atoms with E-state index in [1.165, 1.54) is 0 Å². The van der Waals surface area contributed by atoms with Gasteiger partial charge in [0.1, 0.15) is 11.5 Å². The zero-order valence-electron chi connectivity index (χ0n) is 10.3. The molecule has 3 heteroatoms. The topological polar surface area (TPSA) is 9.23 Å². The lowest BCUT2D eigenvalue weighted by molar-refractivity contribution is 0.474. The van der Waals surface area contributed by atoms with E-state index in [-0.39, 0.29) is 0 Å². The van der Waals surface area contributed by atoms with Gasteiger partial charge in [0.15, 0.2) is 0 Å². The molecule has 0 aliphatic heterocycles. The van der Waals surface area contributed by atoms with Gasteiger partial charge in [-0.25, -0.2) is 0 Å². The van der Waals surface area contributed by atoms with Gasteiger partial charge >= 0.3 is 0 Å². The highest BCUT2D eigenvalue weighted by molar-refractivity contribution is 9.10. The third kappa shape index (κ3) is 3.06. The predicted octanol–water partition coefficient (Wildman–Crippen LogP) is 5.60. The van der Waals surface area contributed by atoms with Crippen molar-refractivity contribution in [2.24, 2.45) is 0 Å². The average molecular weight is 326 g/mol. The summed E-state index contributed by atoms with van der Waals surface area (Å²) in [7, 11) is 0. The molecule has 2 aromatic rings. The fraction of sp³-hybridized carbons (Fsp3) is 0.200. The van der Waals surface area contributed by atoms with Crippen LogP contribution in [-0.4, -0.2) is 0 Å². The third-order valence-electron chi connectivity index (χ3n) is 2.76. The van der Waals surface area contributed by atoms with Crippen molar-refractivity contribution in [2.45, 2.75) is 19.7 Å². The number of hydrogen-bond acceptors (Lipinski definition) is 1.